The number of rotatable bonds is 3. The molecule has 2 aromatic rings. The van der Waals surface area contributed by atoms with Crippen LogP contribution in [0, 0.1) is 6.92 Å². The number of hydrogen-bond acceptors (Lipinski definition) is 1. The number of hydrogen-bond donors (Lipinski definition) is 1. The Hall–Kier alpha value is -1.76. The second-order valence-electron chi connectivity index (χ2n) is 4.64. The summed E-state index contributed by atoms with van der Waals surface area (Å²) in [6, 6.07) is 17.4. The molecule has 0 atom stereocenters. The van der Waals surface area contributed by atoms with E-state index in [4.69, 9.17) is 0 Å². The van der Waals surface area contributed by atoms with E-state index in [2.05, 4.69) is 74.6 Å². The van der Waals surface area contributed by atoms with Crippen LogP contribution in [-0.4, -0.2) is 6.04 Å². The van der Waals surface area contributed by atoms with Gasteiger partial charge in [-0.05, 0) is 43.5 Å². The van der Waals surface area contributed by atoms with Crippen molar-refractivity contribution >= 4 is 5.69 Å². The Labute approximate surface area is 103 Å². The lowest BCUT2D eigenvalue weighted by Gasteiger charge is -2.15. The number of nitrogens with one attached hydrogen (secondary N) is 1. The van der Waals surface area contributed by atoms with Crippen molar-refractivity contribution in [2.75, 3.05) is 5.32 Å². The highest BCUT2D eigenvalue weighted by Crippen LogP contribution is 2.28. The number of benzene rings is 2. The molecule has 0 aromatic heterocycles. The summed E-state index contributed by atoms with van der Waals surface area (Å²) in [6.07, 6.45) is 0. The van der Waals surface area contributed by atoms with Gasteiger partial charge in [0.1, 0.15) is 0 Å². The van der Waals surface area contributed by atoms with Crippen molar-refractivity contribution in [3.63, 3.8) is 0 Å². The van der Waals surface area contributed by atoms with E-state index in [1.807, 2.05) is 0 Å². The summed E-state index contributed by atoms with van der Waals surface area (Å²) in [5.41, 5.74) is 5.11. The van der Waals surface area contributed by atoms with Crippen molar-refractivity contribution < 1.29 is 0 Å². The minimum atomic E-state index is 0.458. The van der Waals surface area contributed by atoms with Crippen molar-refractivity contribution in [3.8, 4) is 11.1 Å². The van der Waals surface area contributed by atoms with Crippen molar-refractivity contribution in [2.24, 2.45) is 0 Å². The predicted molar refractivity (Wildman–Crippen MR) is 75.4 cm³/mol. The third-order valence-electron chi connectivity index (χ3n) is 2.86. The third-order valence-corrected chi connectivity index (χ3v) is 2.86. The zero-order valence-electron chi connectivity index (χ0n) is 10.7. The molecule has 0 saturated heterocycles. The largest absolute Gasteiger partial charge is 0.383 e. The van der Waals surface area contributed by atoms with Crippen LogP contribution in [0.2, 0.25) is 0 Å². The van der Waals surface area contributed by atoms with Gasteiger partial charge in [-0.15, -0.1) is 0 Å². The molecule has 2 aromatic carbocycles. The maximum Gasteiger partial charge on any atom is 0.0378 e. The molecule has 0 amide bonds. The quantitative estimate of drug-likeness (QED) is 0.812. The Kier molecular flexibility index (Phi) is 3.48. The maximum atomic E-state index is 3.48. The van der Waals surface area contributed by atoms with Gasteiger partial charge in [0.2, 0.25) is 0 Å². The lowest BCUT2D eigenvalue weighted by molar-refractivity contribution is 0.897. The molecule has 1 N–H and O–H groups in total. The molecule has 0 aliphatic heterocycles. The van der Waals surface area contributed by atoms with E-state index in [-0.39, 0.29) is 0 Å². The summed E-state index contributed by atoms with van der Waals surface area (Å²) in [7, 11) is 0. The maximum absolute atomic E-state index is 3.48. The zero-order valence-corrected chi connectivity index (χ0v) is 10.7. The van der Waals surface area contributed by atoms with E-state index >= 15 is 0 Å². The van der Waals surface area contributed by atoms with Gasteiger partial charge >= 0.3 is 0 Å². The fourth-order valence-electron chi connectivity index (χ4n) is 2.03. The summed E-state index contributed by atoms with van der Waals surface area (Å²) in [4.78, 5) is 0. The van der Waals surface area contributed by atoms with Gasteiger partial charge in [-0.25, -0.2) is 0 Å². The van der Waals surface area contributed by atoms with E-state index < -0.39 is 0 Å². The fraction of sp³-hybridized carbons (Fsp3) is 0.250. The average molecular weight is 225 g/mol. The molecule has 0 spiro atoms. The summed E-state index contributed by atoms with van der Waals surface area (Å²) in [5, 5.41) is 3.48. The molecule has 88 valence electrons. The second kappa shape index (κ2) is 5.05. The van der Waals surface area contributed by atoms with Gasteiger partial charge in [0.25, 0.3) is 0 Å². The molecule has 1 nitrogen and oxygen atoms in total. The summed E-state index contributed by atoms with van der Waals surface area (Å²) in [5.74, 6) is 0. The van der Waals surface area contributed by atoms with Crippen LogP contribution in [0.4, 0.5) is 5.69 Å². The molecule has 0 unspecified atom stereocenters. The molecule has 0 radical (unpaired) electrons. The van der Waals surface area contributed by atoms with E-state index in [0.29, 0.717) is 6.04 Å². The highest BCUT2D eigenvalue weighted by Gasteiger charge is 2.06. The van der Waals surface area contributed by atoms with Crippen molar-refractivity contribution in [2.45, 2.75) is 26.8 Å². The summed E-state index contributed by atoms with van der Waals surface area (Å²) in [6.45, 7) is 6.50. The van der Waals surface area contributed by atoms with Crippen LogP contribution in [0.15, 0.2) is 48.5 Å². The van der Waals surface area contributed by atoms with Gasteiger partial charge in [-0.3, -0.25) is 0 Å². The lowest BCUT2D eigenvalue weighted by Crippen LogP contribution is -2.10. The Morgan fingerprint density at radius 2 is 1.59 bits per heavy atom. The van der Waals surface area contributed by atoms with Crippen molar-refractivity contribution in [1.29, 1.82) is 0 Å². The first-order chi connectivity index (χ1) is 8.18. The Morgan fingerprint density at radius 1 is 0.882 bits per heavy atom. The molecular formula is C16H19N. The van der Waals surface area contributed by atoms with E-state index in [0.717, 1.165) is 0 Å². The molecule has 2 rings (SSSR count). The van der Waals surface area contributed by atoms with Crippen LogP contribution in [0.1, 0.15) is 19.4 Å². The van der Waals surface area contributed by atoms with E-state index in [9.17, 15) is 0 Å². The van der Waals surface area contributed by atoms with Crippen LogP contribution in [0.5, 0.6) is 0 Å². The Morgan fingerprint density at radius 3 is 2.24 bits per heavy atom. The standard InChI is InChI=1S/C16H19N/c1-12(2)17-16-11-7-10-15(13(16)3)14-8-5-4-6-9-14/h4-12,17H,1-3H3. The molecule has 0 heterocycles. The molecular weight excluding hydrogens is 206 g/mol. The molecule has 1 heteroatoms. The van der Waals surface area contributed by atoms with Gasteiger partial charge < -0.3 is 5.32 Å². The molecule has 17 heavy (non-hydrogen) atoms. The average Bonchev–Trinajstić information content (AvgIpc) is 2.32. The van der Waals surface area contributed by atoms with Gasteiger partial charge in [-0.2, -0.15) is 0 Å². The highest BCUT2D eigenvalue weighted by molar-refractivity contribution is 5.73. The SMILES string of the molecule is Cc1c(NC(C)C)cccc1-c1ccccc1. The first kappa shape index (κ1) is 11.7. The monoisotopic (exact) mass is 225 g/mol. The zero-order chi connectivity index (χ0) is 12.3. The van der Waals surface area contributed by atoms with Crippen LogP contribution < -0.4 is 5.32 Å². The minimum absolute atomic E-state index is 0.458. The van der Waals surface area contributed by atoms with E-state index in [1.165, 1.54) is 22.4 Å². The predicted octanol–water partition coefficient (Wildman–Crippen LogP) is 4.48. The highest BCUT2D eigenvalue weighted by atomic mass is 14.9. The van der Waals surface area contributed by atoms with Crippen molar-refractivity contribution in [1.82, 2.24) is 0 Å². The fourth-order valence-corrected chi connectivity index (χ4v) is 2.03. The third kappa shape index (κ3) is 2.68. The summed E-state index contributed by atoms with van der Waals surface area (Å²) >= 11 is 0. The van der Waals surface area contributed by atoms with Crippen LogP contribution >= 0.6 is 0 Å². The van der Waals surface area contributed by atoms with Gasteiger partial charge in [0.15, 0.2) is 0 Å². The molecule has 0 bridgehead atoms. The Balaban J connectivity index is 2.43. The lowest BCUT2D eigenvalue weighted by atomic mass is 9.99. The minimum Gasteiger partial charge on any atom is -0.383 e. The Bertz CT molecular complexity index is 486. The van der Waals surface area contributed by atoms with Gasteiger partial charge in [-0.1, -0.05) is 42.5 Å². The normalized spacial score (nSPS) is 10.6. The van der Waals surface area contributed by atoms with Crippen LogP contribution in [0.3, 0.4) is 0 Å². The van der Waals surface area contributed by atoms with Crippen LogP contribution in [0.25, 0.3) is 11.1 Å². The summed E-state index contributed by atoms with van der Waals surface area (Å²) < 4.78 is 0. The molecule has 0 fully saturated rings. The first-order valence-corrected chi connectivity index (χ1v) is 6.10. The smallest absolute Gasteiger partial charge is 0.0378 e. The second-order valence-corrected chi connectivity index (χ2v) is 4.64. The van der Waals surface area contributed by atoms with Gasteiger partial charge in [0, 0.05) is 11.7 Å². The number of anilines is 1. The van der Waals surface area contributed by atoms with Gasteiger partial charge in [0.05, 0.1) is 0 Å². The molecule has 0 aliphatic carbocycles. The molecule has 0 aliphatic rings. The van der Waals surface area contributed by atoms with E-state index in [1.54, 1.807) is 0 Å². The van der Waals surface area contributed by atoms with Crippen molar-refractivity contribution in [3.05, 3.63) is 54.1 Å². The molecule has 0 saturated carbocycles. The van der Waals surface area contributed by atoms with Crippen LogP contribution in [-0.2, 0) is 0 Å². The topological polar surface area (TPSA) is 12.0 Å². The first-order valence-electron chi connectivity index (χ1n) is 6.10.